The molecule has 1 atom stereocenters. The van der Waals surface area contributed by atoms with Crippen molar-refractivity contribution in [3.63, 3.8) is 0 Å². The van der Waals surface area contributed by atoms with E-state index in [-0.39, 0.29) is 5.82 Å². The van der Waals surface area contributed by atoms with E-state index in [2.05, 4.69) is 40.4 Å². The van der Waals surface area contributed by atoms with Gasteiger partial charge in [0.2, 0.25) is 0 Å². The highest BCUT2D eigenvalue weighted by molar-refractivity contribution is 9.10. The smallest absolute Gasteiger partial charge is 0.128 e. The molecule has 102 valence electrons. The first kappa shape index (κ1) is 14.3. The maximum Gasteiger partial charge on any atom is 0.128 e. The Morgan fingerprint density at radius 2 is 2.16 bits per heavy atom. The number of aromatic nitrogens is 1. The molecule has 0 saturated carbocycles. The maximum absolute atomic E-state index is 13.7. The van der Waals surface area contributed by atoms with Crippen LogP contribution in [-0.4, -0.2) is 11.6 Å². The molecular formula is C15H18BrFN2. The predicted octanol–water partition coefficient (Wildman–Crippen LogP) is 4.11. The Balaban J connectivity index is 2.18. The first-order valence-corrected chi connectivity index (χ1v) is 7.20. The molecule has 0 aliphatic rings. The van der Waals surface area contributed by atoms with Gasteiger partial charge in [0, 0.05) is 35.0 Å². The van der Waals surface area contributed by atoms with Crippen molar-refractivity contribution in [2.45, 2.75) is 25.9 Å². The van der Waals surface area contributed by atoms with E-state index in [0.29, 0.717) is 18.2 Å². The molecule has 0 amide bonds. The lowest BCUT2D eigenvalue weighted by Gasteiger charge is -2.11. The largest absolute Gasteiger partial charge is 0.349 e. The van der Waals surface area contributed by atoms with Gasteiger partial charge in [-0.25, -0.2) is 4.39 Å². The van der Waals surface area contributed by atoms with Crippen LogP contribution in [0.5, 0.6) is 0 Å². The third kappa shape index (κ3) is 3.45. The van der Waals surface area contributed by atoms with Crippen molar-refractivity contribution in [2.24, 2.45) is 0 Å². The number of nitrogens with one attached hydrogen (secondary N) is 1. The van der Waals surface area contributed by atoms with E-state index in [1.165, 1.54) is 11.6 Å². The van der Waals surface area contributed by atoms with Crippen molar-refractivity contribution in [1.29, 1.82) is 0 Å². The minimum atomic E-state index is -0.167. The summed E-state index contributed by atoms with van der Waals surface area (Å²) in [5.74, 6) is -0.167. The molecule has 19 heavy (non-hydrogen) atoms. The van der Waals surface area contributed by atoms with Gasteiger partial charge in [0.15, 0.2) is 0 Å². The van der Waals surface area contributed by atoms with Gasteiger partial charge < -0.3 is 9.88 Å². The highest BCUT2D eigenvalue weighted by Crippen LogP contribution is 2.19. The third-order valence-electron chi connectivity index (χ3n) is 3.29. The molecule has 1 unspecified atom stereocenters. The van der Waals surface area contributed by atoms with Crippen LogP contribution in [0.2, 0.25) is 0 Å². The van der Waals surface area contributed by atoms with E-state index in [1.54, 1.807) is 6.07 Å². The van der Waals surface area contributed by atoms with E-state index >= 15 is 0 Å². The molecular weight excluding hydrogens is 307 g/mol. The van der Waals surface area contributed by atoms with Gasteiger partial charge in [0.1, 0.15) is 5.82 Å². The summed E-state index contributed by atoms with van der Waals surface area (Å²) in [4.78, 5) is 0. The normalized spacial score (nSPS) is 12.6. The van der Waals surface area contributed by atoms with Crippen LogP contribution in [0, 0.1) is 5.82 Å². The molecule has 0 bridgehead atoms. The molecule has 2 rings (SSSR count). The monoisotopic (exact) mass is 324 g/mol. The van der Waals surface area contributed by atoms with Crippen LogP contribution in [0.15, 0.2) is 41.1 Å². The molecule has 0 aliphatic heterocycles. The fourth-order valence-electron chi connectivity index (χ4n) is 2.23. The van der Waals surface area contributed by atoms with Gasteiger partial charge in [-0.05, 0) is 43.3 Å². The lowest BCUT2D eigenvalue weighted by atomic mass is 10.1. The van der Waals surface area contributed by atoms with Crippen molar-refractivity contribution < 1.29 is 4.39 Å². The molecule has 0 radical (unpaired) electrons. The number of hydrogen-bond acceptors (Lipinski definition) is 1. The highest BCUT2D eigenvalue weighted by Gasteiger charge is 2.09. The molecule has 4 heteroatoms. The molecule has 1 heterocycles. The lowest BCUT2D eigenvalue weighted by Crippen LogP contribution is -2.14. The SMILES string of the molecule is CCC(NC)c1ccn(Cc2cc(Br)ccc2F)c1. The van der Waals surface area contributed by atoms with Crippen molar-refractivity contribution in [3.8, 4) is 0 Å². The van der Waals surface area contributed by atoms with Crippen LogP contribution in [-0.2, 0) is 6.54 Å². The van der Waals surface area contributed by atoms with Crippen LogP contribution in [0.3, 0.4) is 0 Å². The minimum absolute atomic E-state index is 0.167. The Kier molecular flexibility index (Phi) is 4.77. The molecule has 1 N–H and O–H groups in total. The standard InChI is InChI=1S/C15H18BrFN2/c1-3-15(18-2)11-6-7-19(9-11)10-12-8-13(16)4-5-14(12)17/h4-9,15,18H,3,10H2,1-2H3. The molecule has 0 saturated heterocycles. The zero-order chi connectivity index (χ0) is 13.8. The number of nitrogens with zero attached hydrogens (tertiary/aromatic N) is 1. The molecule has 0 aliphatic carbocycles. The van der Waals surface area contributed by atoms with Crippen molar-refractivity contribution >= 4 is 15.9 Å². The summed E-state index contributed by atoms with van der Waals surface area (Å²) in [6, 6.07) is 7.47. The second kappa shape index (κ2) is 6.35. The van der Waals surface area contributed by atoms with Crippen molar-refractivity contribution in [1.82, 2.24) is 9.88 Å². The summed E-state index contributed by atoms with van der Waals surface area (Å²) >= 11 is 3.37. The Labute approximate surface area is 121 Å². The van der Waals surface area contributed by atoms with E-state index in [1.807, 2.05) is 23.9 Å². The molecule has 0 fully saturated rings. The van der Waals surface area contributed by atoms with E-state index in [9.17, 15) is 4.39 Å². The van der Waals surface area contributed by atoms with Crippen LogP contribution >= 0.6 is 15.9 Å². The third-order valence-corrected chi connectivity index (χ3v) is 3.79. The second-order valence-electron chi connectivity index (χ2n) is 4.60. The van der Waals surface area contributed by atoms with Crippen LogP contribution in [0.1, 0.15) is 30.5 Å². The average Bonchev–Trinajstić information content (AvgIpc) is 2.84. The van der Waals surface area contributed by atoms with E-state index < -0.39 is 0 Å². The fraction of sp³-hybridized carbons (Fsp3) is 0.333. The average molecular weight is 325 g/mol. The number of benzene rings is 1. The minimum Gasteiger partial charge on any atom is -0.349 e. The molecule has 1 aromatic heterocycles. The summed E-state index contributed by atoms with van der Waals surface area (Å²) in [7, 11) is 1.96. The van der Waals surface area contributed by atoms with Gasteiger partial charge in [0.25, 0.3) is 0 Å². The number of rotatable bonds is 5. The zero-order valence-corrected chi connectivity index (χ0v) is 12.7. The summed E-state index contributed by atoms with van der Waals surface area (Å²) in [5.41, 5.74) is 1.93. The number of hydrogen-bond donors (Lipinski definition) is 1. The van der Waals surface area contributed by atoms with Gasteiger partial charge in [-0.1, -0.05) is 22.9 Å². The first-order chi connectivity index (χ1) is 9.13. The maximum atomic E-state index is 13.7. The summed E-state index contributed by atoms with van der Waals surface area (Å²) < 4.78 is 16.6. The first-order valence-electron chi connectivity index (χ1n) is 6.41. The van der Waals surface area contributed by atoms with Gasteiger partial charge in [-0.3, -0.25) is 0 Å². The Hall–Kier alpha value is -1.13. The van der Waals surface area contributed by atoms with Crippen LogP contribution < -0.4 is 5.32 Å². The molecule has 1 aromatic carbocycles. The fourth-order valence-corrected chi connectivity index (χ4v) is 2.64. The second-order valence-corrected chi connectivity index (χ2v) is 5.52. The summed E-state index contributed by atoms with van der Waals surface area (Å²) in [5, 5.41) is 3.27. The quantitative estimate of drug-likeness (QED) is 0.875. The van der Waals surface area contributed by atoms with Gasteiger partial charge in [-0.2, -0.15) is 0 Å². The van der Waals surface area contributed by atoms with Crippen molar-refractivity contribution in [3.05, 3.63) is 58.1 Å². The van der Waals surface area contributed by atoms with Crippen molar-refractivity contribution in [2.75, 3.05) is 7.05 Å². The Bertz CT molecular complexity index is 547. The Morgan fingerprint density at radius 3 is 2.84 bits per heavy atom. The highest BCUT2D eigenvalue weighted by atomic mass is 79.9. The molecule has 0 spiro atoms. The molecule has 2 nitrogen and oxygen atoms in total. The van der Waals surface area contributed by atoms with Gasteiger partial charge in [-0.15, -0.1) is 0 Å². The van der Waals surface area contributed by atoms with Gasteiger partial charge in [0.05, 0.1) is 0 Å². The summed E-state index contributed by atoms with van der Waals surface area (Å²) in [6.07, 6.45) is 5.10. The molecule has 2 aromatic rings. The number of halogens is 2. The zero-order valence-electron chi connectivity index (χ0n) is 11.2. The predicted molar refractivity (Wildman–Crippen MR) is 79.7 cm³/mol. The van der Waals surface area contributed by atoms with E-state index in [4.69, 9.17) is 0 Å². The Morgan fingerprint density at radius 1 is 1.37 bits per heavy atom. The van der Waals surface area contributed by atoms with Crippen LogP contribution in [0.25, 0.3) is 0 Å². The van der Waals surface area contributed by atoms with Crippen LogP contribution in [0.4, 0.5) is 4.39 Å². The lowest BCUT2D eigenvalue weighted by molar-refractivity contribution is 0.573. The van der Waals surface area contributed by atoms with Gasteiger partial charge >= 0.3 is 0 Å². The summed E-state index contributed by atoms with van der Waals surface area (Å²) in [6.45, 7) is 2.69. The van der Waals surface area contributed by atoms with E-state index in [0.717, 1.165) is 10.9 Å². The topological polar surface area (TPSA) is 17.0 Å².